The van der Waals surface area contributed by atoms with Gasteiger partial charge in [-0.1, -0.05) is 48.0 Å². The van der Waals surface area contributed by atoms with Crippen LogP contribution in [0.2, 0.25) is 0 Å². The van der Waals surface area contributed by atoms with Gasteiger partial charge in [-0.25, -0.2) is 0 Å². The topological polar surface area (TPSA) is 40.7 Å². The number of nitrogens with one attached hydrogen (secondary N) is 2. The molecule has 1 heterocycles. The first kappa shape index (κ1) is 13.6. The molecule has 0 aliphatic rings. The van der Waals surface area contributed by atoms with Crippen LogP contribution in [0, 0.1) is 6.92 Å². The van der Waals surface area contributed by atoms with Crippen LogP contribution in [-0.4, -0.2) is 17.2 Å². The number of nitrogens with zero attached hydrogens (tertiary/aromatic N) is 1. The highest BCUT2D eigenvalue weighted by atomic mass is 15.1. The highest BCUT2D eigenvalue weighted by molar-refractivity contribution is 5.68. The average Bonchev–Trinajstić information content (AvgIpc) is 2.98. The molecule has 1 aromatic heterocycles. The Bertz CT molecular complexity index is 726. The van der Waals surface area contributed by atoms with Crippen LogP contribution in [0.5, 0.6) is 0 Å². The molecule has 2 aromatic carbocycles. The van der Waals surface area contributed by atoms with Crippen molar-refractivity contribution >= 4 is 0 Å². The van der Waals surface area contributed by atoms with Gasteiger partial charge in [-0.3, -0.25) is 5.10 Å². The molecule has 0 bridgehead atoms. The fourth-order valence-electron chi connectivity index (χ4n) is 2.43. The number of aromatic nitrogens is 2. The van der Waals surface area contributed by atoms with E-state index < -0.39 is 0 Å². The first-order valence-corrected chi connectivity index (χ1v) is 7.12. The minimum absolute atomic E-state index is 0.887. The fourth-order valence-corrected chi connectivity index (χ4v) is 2.43. The number of aryl methyl sites for hydroxylation is 1. The summed E-state index contributed by atoms with van der Waals surface area (Å²) in [5.74, 6) is 0. The monoisotopic (exact) mass is 277 g/mol. The zero-order valence-corrected chi connectivity index (χ0v) is 12.4. The van der Waals surface area contributed by atoms with Crippen LogP contribution in [0.25, 0.3) is 22.5 Å². The van der Waals surface area contributed by atoms with Crippen molar-refractivity contribution in [3.63, 3.8) is 0 Å². The van der Waals surface area contributed by atoms with E-state index in [-0.39, 0.29) is 0 Å². The average molecular weight is 277 g/mol. The van der Waals surface area contributed by atoms with E-state index in [1.54, 1.807) is 0 Å². The Morgan fingerprint density at radius 3 is 2.52 bits per heavy atom. The van der Waals surface area contributed by atoms with Gasteiger partial charge in [0.15, 0.2) is 0 Å². The first-order chi connectivity index (χ1) is 10.3. The number of aromatic amines is 1. The highest BCUT2D eigenvalue weighted by Crippen LogP contribution is 2.24. The van der Waals surface area contributed by atoms with Crippen molar-refractivity contribution in [2.24, 2.45) is 0 Å². The van der Waals surface area contributed by atoms with Crippen molar-refractivity contribution in [2.45, 2.75) is 13.5 Å². The Morgan fingerprint density at radius 2 is 1.81 bits per heavy atom. The van der Waals surface area contributed by atoms with E-state index in [4.69, 9.17) is 0 Å². The quantitative estimate of drug-likeness (QED) is 0.762. The fraction of sp³-hybridized carbons (Fsp3) is 0.167. The van der Waals surface area contributed by atoms with Gasteiger partial charge in [0.1, 0.15) is 0 Å². The Hall–Kier alpha value is -2.39. The summed E-state index contributed by atoms with van der Waals surface area (Å²) >= 11 is 0. The van der Waals surface area contributed by atoms with Crippen LogP contribution in [0.15, 0.2) is 54.6 Å². The van der Waals surface area contributed by atoms with Gasteiger partial charge in [0, 0.05) is 12.1 Å². The summed E-state index contributed by atoms with van der Waals surface area (Å²) in [4.78, 5) is 0. The van der Waals surface area contributed by atoms with Crippen LogP contribution >= 0.6 is 0 Å². The predicted octanol–water partition coefficient (Wildman–Crippen LogP) is 3.77. The van der Waals surface area contributed by atoms with Crippen LogP contribution in [0.4, 0.5) is 0 Å². The molecular formula is C18H19N3. The molecule has 3 nitrogen and oxygen atoms in total. The zero-order chi connectivity index (χ0) is 14.7. The Labute approximate surface area is 125 Å². The van der Waals surface area contributed by atoms with Crippen molar-refractivity contribution in [1.82, 2.24) is 15.5 Å². The number of hydrogen-bond acceptors (Lipinski definition) is 2. The molecule has 0 aliphatic heterocycles. The van der Waals surface area contributed by atoms with E-state index in [0.29, 0.717) is 0 Å². The molecule has 3 aromatic rings. The van der Waals surface area contributed by atoms with Gasteiger partial charge < -0.3 is 5.32 Å². The smallest absolute Gasteiger partial charge is 0.0927 e. The third-order valence-electron chi connectivity index (χ3n) is 3.54. The summed E-state index contributed by atoms with van der Waals surface area (Å²) in [6.45, 7) is 2.98. The molecule has 0 atom stereocenters. The maximum atomic E-state index is 4.43. The lowest BCUT2D eigenvalue weighted by molar-refractivity contribution is 0.818. The maximum absolute atomic E-state index is 4.43. The first-order valence-electron chi connectivity index (χ1n) is 7.12. The molecule has 0 saturated heterocycles. The summed E-state index contributed by atoms with van der Waals surface area (Å²) in [6.07, 6.45) is 0. The summed E-state index contributed by atoms with van der Waals surface area (Å²) in [7, 11) is 1.96. The van der Waals surface area contributed by atoms with E-state index >= 15 is 0 Å². The van der Waals surface area contributed by atoms with Crippen molar-refractivity contribution in [3.05, 3.63) is 65.7 Å². The molecule has 0 saturated carbocycles. The minimum atomic E-state index is 0.887. The molecule has 0 fully saturated rings. The number of benzene rings is 2. The standard InChI is InChI=1S/C18H19N3/c1-13-4-3-5-16(10-13)18-11-17(20-21-18)15-8-6-14(7-9-15)12-19-2/h3-11,19H,12H2,1-2H3,(H,20,21). The SMILES string of the molecule is CNCc1ccc(-c2cc(-c3cccc(C)c3)n[nH]2)cc1. The summed E-state index contributed by atoms with van der Waals surface area (Å²) < 4.78 is 0. The number of H-pyrrole nitrogens is 1. The van der Waals surface area contributed by atoms with Crippen LogP contribution in [-0.2, 0) is 6.54 Å². The summed E-state index contributed by atoms with van der Waals surface area (Å²) in [6, 6.07) is 19.0. The summed E-state index contributed by atoms with van der Waals surface area (Å²) in [5.41, 5.74) is 6.84. The van der Waals surface area contributed by atoms with Crippen LogP contribution in [0.1, 0.15) is 11.1 Å². The lowest BCUT2D eigenvalue weighted by Gasteiger charge is -2.01. The van der Waals surface area contributed by atoms with Gasteiger partial charge in [-0.05, 0) is 37.2 Å². The molecule has 0 unspecified atom stereocenters. The maximum Gasteiger partial charge on any atom is 0.0927 e. The largest absolute Gasteiger partial charge is 0.316 e. The Balaban J connectivity index is 1.87. The van der Waals surface area contributed by atoms with Crippen molar-refractivity contribution in [3.8, 4) is 22.5 Å². The second-order valence-electron chi connectivity index (χ2n) is 5.26. The molecule has 3 heteroatoms. The highest BCUT2D eigenvalue weighted by Gasteiger charge is 2.06. The van der Waals surface area contributed by atoms with Gasteiger partial charge >= 0.3 is 0 Å². The van der Waals surface area contributed by atoms with E-state index in [1.807, 2.05) is 7.05 Å². The van der Waals surface area contributed by atoms with E-state index in [0.717, 1.165) is 29.1 Å². The predicted molar refractivity (Wildman–Crippen MR) is 87.0 cm³/mol. The Kier molecular flexibility index (Phi) is 3.84. The molecule has 0 aliphatic carbocycles. The normalized spacial score (nSPS) is 10.8. The molecular weight excluding hydrogens is 258 g/mol. The summed E-state index contributed by atoms with van der Waals surface area (Å²) in [5, 5.41) is 10.7. The van der Waals surface area contributed by atoms with Crippen molar-refractivity contribution in [2.75, 3.05) is 7.05 Å². The van der Waals surface area contributed by atoms with Crippen molar-refractivity contribution < 1.29 is 0 Å². The van der Waals surface area contributed by atoms with Crippen LogP contribution in [0.3, 0.4) is 0 Å². The molecule has 0 amide bonds. The third-order valence-corrected chi connectivity index (χ3v) is 3.54. The van der Waals surface area contributed by atoms with Gasteiger partial charge in [-0.15, -0.1) is 0 Å². The molecule has 106 valence electrons. The minimum Gasteiger partial charge on any atom is -0.316 e. The molecule has 0 radical (unpaired) electrons. The number of rotatable bonds is 4. The second kappa shape index (κ2) is 5.94. The molecule has 21 heavy (non-hydrogen) atoms. The molecule has 3 rings (SSSR count). The lowest BCUT2D eigenvalue weighted by atomic mass is 10.1. The van der Waals surface area contributed by atoms with Crippen LogP contribution < -0.4 is 5.32 Å². The van der Waals surface area contributed by atoms with Gasteiger partial charge in [0.05, 0.1) is 11.4 Å². The van der Waals surface area contributed by atoms with Gasteiger partial charge in [-0.2, -0.15) is 5.10 Å². The van der Waals surface area contributed by atoms with Crippen molar-refractivity contribution in [1.29, 1.82) is 0 Å². The lowest BCUT2D eigenvalue weighted by Crippen LogP contribution is -2.04. The molecule has 0 spiro atoms. The third kappa shape index (κ3) is 3.03. The van der Waals surface area contributed by atoms with E-state index in [1.165, 1.54) is 11.1 Å². The molecule has 2 N–H and O–H groups in total. The number of hydrogen-bond donors (Lipinski definition) is 2. The van der Waals surface area contributed by atoms with Gasteiger partial charge in [0.2, 0.25) is 0 Å². The Morgan fingerprint density at radius 1 is 1.00 bits per heavy atom. The zero-order valence-electron chi connectivity index (χ0n) is 12.4. The van der Waals surface area contributed by atoms with Gasteiger partial charge in [0.25, 0.3) is 0 Å². The van der Waals surface area contributed by atoms with E-state index in [9.17, 15) is 0 Å². The van der Waals surface area contributed by atoms with E-state index in [2.05, 4.69) is 77.0 Å². The second-order valence-corrected chi connectivity index (χ2v) is 5.26.